The average molecular weight is 289 g/mol. The second-order valence-corrected chi connectivity index (χ2v) is 6.47. The van der Waals surface area contributed by atoms with E-state index in [0.29, 0.717) is 5.92 Å². The zero-order chi connectivity index (χ0) is 14.5. The topological polar surface area (TPSA) is 41.5 Å². The molecule has 0 saturated heterocycles. The molecule has 3 heteroatoms. The maximum absolute atomic E-state index is 9.96. The number of fused-ring (bicyclic) bond motifs is 1. The van der Waals surface area contributed by atoms with Crippen LogP contribution in [0, 0.1) is 5.92 Å². The van der Waals surface area contributed by atoms with Crippen LogP contribution in [0.5, 0.6) is 5.75 Å². The van der Waals surface area contributed by atoms with Crippen molar-refractivity contribution in [3.8, 4) is 5.75 Å². The molecule has 1 heterocycles. The van der Waals surface area contributed by atoms with Crippen LogP contribution in [0.1, 0.15) is 49.7 Å². The summed E-state index contributed by atoms with van der Waals surface area (Å²) in [5.74, 6) is 1.60. The van der Waals surface area contributed by atoms with E-state index in [0.717, 1.165) is 51.1 Å². The monoisotopic (exact) mass is 289 g/mol. The Hall–Kier alpha value is -1.06. The Morgan fingerprint density at radius 3 is 3.05 bits per heavy atom. The fraction of sp³-hybridized carbons (Fsp3) is 0.667. The van der Waals surface area contributed by atoms with Crippen molar-refractivity contribution in [1.29, 1.82) is 0 Å². The molecule has 3 nitrogen and oxygen atoms in total. The van der Waals surface area contributed by atoms with Crippen molar-refractivity contribution in [2.45, 2.75) is 57.6 Å². The fourth-order valence-electron chi connectivity index (χ4n) is 3.60. The van der Waals surface area contributed by atoms with Gasteiger partial charge in [-0.15, -0.1) is 0 Å². The molecular weight excluding hydrogens is 262 g/mol. The van der Waals surface area contributed by atoms with E-state index in [1.165, 1.54) is 30.4 Å². The van der Waals surface area contributed by atoms with Gasteiger partial charge in [0.1, 0.15) is 5.75 Å². The van der Waals surface area contributed by atoms with E-state index in [2.05, 4.69) is 23.5 Å². The predicted octanol–water partition coefficient (Wildman–Crippen LogP) is 3.04. The highest BCUT2D eigenvalue weighted by Crippen LogP contribution is 2.28. The number of ether oxygens (including phenoxy) is 1. The highest BCUT2D eigenvalue weighted by atomic mass is 16.5. The summed E-state index contributed by atoms with van der Waals surface area (Å²) in [6, 6.07) is 6.51. The molecule has 116 valence electrons. The van der Waals surface area contributed by atoms with E-state index in [9.17, 15) is 5.11 Å². The molecule has 1 saturated carbocycles. The van der Waals surface area contributed by atoms with Crippen LogP contribution >= 0.6 is 0 Å². The van der Waals surface area contributed by atoms with Crippen LogP contribution < -0.4 is 10.1 Å². The lowest BCUT2D eigenvalue weighted by molar-refractivity contribution is 0.0643. The zero-order valence-corrected chi connectivity index (χ0v) is 12.8. The van der Waals surface area contributed by atoms with Crippen molar-refractivity contribution < 1.29 is 9.84 Å². The molecule has 0 spiro atoms. The Labute approximate surface area is 127 Å². The summed E-state index contributed by atoms with van der Waals surface area (Å²) in [7, 11) is 0. The van der Waals surface area contributed by atoms with Crippen molar-refractivity contribution in [2.24, 2.45) is 5.92 Å². The first-order valence-corrected chi connectivity index (χ1v) is 8.46. The lowest BCUT2D eigenvalue weighted by Gasteiger charge is -2.27. The summed E-state index contributed by atoms with van der Waals surface area (Å²) in [5.41, 5.74) is 2.69. The van der Waals surface area contributed by atoms with E-state index >= 15 is 0 Å². The zero-order valence-electron chi connectivity index (χ0n) is 12.8. The molecule has 0 radical (unpaired) electrons. The molecule has 2 atom stereocenters. The van der Waals surface area contributed by atoms with Crippen LogP contribution in [0.25, 0.3) is 0 Å². The molecular formula is C18H27NO2. The maximum atomic E-state index is 9.96. The lowest BCUT2D eigenvalue weighted by atomic mass is 9.83. The number of hydrogen-bond donors (Lipinski definition) is 2. The number of hydrogen-bond acceptors (Lipinski definition) is 3. The highest BCUT2D eigenvalue weighted by Gasteiger charge is 2.22. The van der Waals surface area contributed by atoms with Gasteiger partial charge in [0.15, 0.2) is 0 Å². The smallest absolute Gasteiger partial charge is 0.122 e. The van der Waals surface area contributed by atoms with E-state index in [1.54, 1.807) is 0 Å². The molecule has 0 bridgehead atoms. The number of aliphatic hydroxyl groups is 1. The van der Waals surface area contributed by atoms with Crippen molar-refractivity contribution in [3.63, 3.8) is 0 Å². The first kappa shape index (κ1) is 14.9. The van der Waals surface area contributed by atoms with E-state index in [1.807, 2.05) is 0 Å². The maximum Gasteiger partial charge on any atom is 0.122 e. The SMILES string of the molecule is OC1CCCCC1CCCNCc1ccc2c(c1)CCO2. The summed E-state index contributed by atoms with van der Waals surface area (Å²) < 4.78 is 5.53. The third kappa shape index (κ3) is 3.98. The molecule has 2 aliphatic rings. The largest absolute Gasteiger partial charge is 0.493 e. The van der Waals surface area contributed by atoms with Gasteiger partial charge in [-0.3, -0.25) is 0 Å². The van der Waals surface area contributed by atoms with Gasteiger partial charge < -0.3 is 15.2 Å². The van der Waals surface area contributed by atoms with Gasteiger partial charge in [-0.1, -0.05) is 25.0 Å². The Bertz CT molecular complexity index is 461. The molecule has 3 rings (SSSR count). The quantitative estimate of drug-likeness (QED) is 0.791. The molecule has 1 aliphatic carbocycles. The molecule has 1 fully saturated rings. The van der Waals surface area contributed by atoms with Gasteiger partial charge in [0.2, 0.25) is 0 Å². The van der Waals surface area contributed by atoms with Crippen LogP contribution in [-0.4, -0.2) is 24.4 Å². The Balaban J connectivity index is 1.35. The van der Waals surface area contributed by atoms with Crippen LogP contribution in [0.4, 0.5) is 0 Å². The number of nitrogens with one attached hydrogen (secondary N) is 1. The molecule has 2 N–H and O–H groups in total. The van der Waals surface area contributed by atoms with Gasteiger partial charge in [0.05, 0.1) is 12.7 Å². The second kappa shape index (κ2) is 7.28. The predicted molar refractivity (Wildman–Crippen MR) is 84.5 cm³/mol. The summed E-state index contributed by atoms with van der Waals surface area (Å²) >= 11 is 0. The minimum Gasteiger partial charge on any atom is -0.493 e. The normalized spacial score (nSPS) is 24.6. The highest BCUT2D eigenvalue weighted by molar-refractivity contribution is 5.39. The average Bonchev–Trinajstić information content (AvgIpc) is 2.96. The number of benzene rings is 1. The third-order valence-electron chi connectivity index (χ3n) is 4.88. The van der Waals surface area contributed by atoms with E-state index < -0.39 is 0 Å². The van der Waals surface area contributed by atoms with Gasteiger partial charge in [-0.2, -0.15) is 0 Å². The number of aliphatic hydroxyl groups excluding tert-OH is 1. The minimum absolute atomic E-state index is 0.0459. The molecule has 1 aliphatic heterocycles. The molecule has 1 aromatic rings. The molecule has 0 amide bonds. The van der Waals surface area contributed by atoms with E-state index in [-0.39, 0.29) is 6.10 Å². The molecule has 0 aromatic heterocycles. The Kier molecular flexibility index (Phi) is 5.15. The third-order valence-corrected chi connectivity index (χ3v) is 4.88. The first-order valence-electron chi connectivity index (χ1n) is 8.46. The van der Waals surface area contributed by atoms with Gasteiger partial charge in [0.25, 0.3) is 0 Å². The standard InChI is InChI=1S/C18H27NO2/c20-17-6-2-1-4-15(17)5-3-10-19-13-14-7-8-18-16(12-14)9-11-21-18/h7-8,12,15,17,19-20H,1-6,9-11,13H2. The van der Waals surface area contributed by atoms with E-state index in [4.69, 9.17) is 4.74 Å². The van der Waals surface area contributed by atoms with Crippen LogP contribution in [0.3, 0.4) is 0 Å². The van der Waals surface area contributed by atoms with Crippen LogP contribution in [-0.2, 0) is 13.0 Å². The Morgan fingerprint density at radius 1 is 1.24 bits per heavy atom. The summed E-state index contributed by atoms with van der Waals surface area (Å²) in [5, 5.41) is 13.5. The molecule has 1 aromatic carbocycles. The summed E-state index contributed by atoms with van der Waals surface area (Å²) in [4.78, 5) is 0. The first-order chi connectivity index (χ1) is 10.3. The lowest BCUT2D eigenvalue weighted by Crippen LogP contribution is -2.25. The van der Waals surface area contributed by atoms with Crippen molar-refractivity contribution in [2.75, 3.05) is 13.2 Å². The van der Waals surface area contributed by atoms with Crippen molar-refractivity contribution in [1.82, 2.24) is 5.32 Å². The van der Waals surface area contributed by atoms with Crippen molar-refractivity contribution >= 4 is 0 Å². The van der Waals surface area contributed by atoms with Gasteiger partial charge in [0, 0.05) is 13.0 Å². The minimum atomic E-state index is -0.0459. The number of rotatable bonds is 6. The van der Waals surface area contributed by atoms with Crippen LogP contribution in [0.15, 0.2) is 18.2 Å². The van der Waals surface area contributed by atoms with Gasteiger partial charge in [-0.05, 0) is 55.3 Å². The summed E-state index contributed by atoms with van der Waals surface area (Å²) in [6.45, 7) is 2.80. The van der Waals surface area contributed by atoms with Gasteiger partial charge >= 0.3 is 0 Å². The van der Waals surface area contributed by atoms with Crippen LogP contribution in [0.2, 0.25) is 0 Å². The van der Waals surface area contributed by atoms with Gasteiger partial charge in [-0.25, -0.2) is 0 Å². The molecule has 21 heavy (non-hydrogen) atoms. The second-order valence-electron chi connectivity index (χ2n) is 6.47. The fourth-order valence-corrected chi connectivity index (χ4v) is 3.60. The summed E-state index contributed by atoms with van der Waals surface area (Å²) in [6.07, 6.45) is 8.05. The van der Waals surface area contributed by atoms with Crippen molar-refractivity contribution in [3.05, 3.63) is 29.3 Å². The molecule has 2 unspecified atom stereocenters. The Morgan fingerprint density at radius 2 is 2.14 bits per heavy atom.